The summed E-state index contributed by atoms with van der Waals surface area (Å²) in [6.07, 6.45) is 3.56. The lowest BCUT2D eigenvalue weighted by atomic mass is 9.93. The largest absolute Gasteiger partial charge is 0.338 e. The molecular weight excluding hydrogens is 355 g/mol. The monoisotopic (exact) mass is 380 g/mol. The van der Waals surface area contributed by atoms with Crippen LogP contribution in [0.1, 0.15) is 40.7 Å². The number of carbonyl (C=O) groups excluding carboxylic acids is 2. The van der Waals surface area contributed by atoms with Crippen LogP contribution in [0.15, 0.2) is 42.5 Å². The Morgan fingerprint density at radius 2 is 1.82 bits per heavy atom. The molecule has 1 atom stereocenters. The minimum Gasteiger partial charge on any atom is -0.338 e. The summed E-state index contributed by atoms with van der Waals surface area (Å²) >= 11 is 0. The smallest absolute Gasteiger partial charge is 0.253 e. The number of rotatable bonds is 2. The summed E-state index contributed by atoms with van der Waals surface area (Å²) in [5.74, 6) is -0.568. The highest BCUT2D eigenvalue weighted by Gasteiger charge is 2.33. The van der Waals surface area contributed by atoms with Gasteiger partial charge in [0.25, 0.3) is 5.91 Å². The van der Waals surface area contributed by atoms with Gasteiger partial charge < -0.3 is 9.80 Å². The summed E-state index contributed by atoms with van der Waals surface area (Å²) in [5.41, 5.74) is 3.92. The van der Waals surface area contributed by atoms with E-state index in [9.17, 15) is 14.0 Å². The van der Waals surface area contributed by atoms with E-state index in [-0.39, 0.29) is 23.5 Å². The van der Waals surface area contributed by atoms with E-state index >= 15 is 0 Å². The van der Waals surface area contributed by atoms with E-state index in [1.165, 1.54) is 35.4 Å². The quantitative estimate of drug-likeness (QED) is 0.791. The normalized spacial score (nSPS) is 19.3. The van der Waals surface area contributed by atoms with E-state index in [2.05, 4.69) is 19.1 Å². The lowest BCUT2D eigenvalue weighted by Crippen LogP contribution is -2.48. The molecule has 5 heteroatoms. The zero-order valence-corrected chi connectivity index (χ0v) is 16.2. The standard InChI is InChI=1S/C23H25FN2O2/c1-16-6-11-21-18(14-16)4-3-13-26(21)23(28)19-5-2-12-25(15-19)22(27)17-7-9-20(24)10-8-17/h6-11,14,19H,2-5,12-13,15H2,1H3/t19-/m1/s1. The van der Waals surface area contributed by atoms with Crippen LogP contribution in [-0.2, 0) is 11.2 Å². The number of anilines is 1. The van der Waals surface area contributed by atoms with Crippen molar-refractivity contribution in [3.8, 4) is 0 Å². The van der Waals surface area contributed by atoms with Crippen LogP contribution in [0.25, 0.3) is 0 Å². The molecule has 2 aliphatic heterocycles. The Balaban J connectivity index is 1.50. The molecule has 0 aliphatic carbocycles. The molecule has 0 radical (unpaired) electrons. The van der Waals surface area contributed by atoms with Crippen LogP contribution < -0.4 is 4.90 Å². The number of fused-ring (bicyclic) bond motifs is 1. The number of aryl methyl sites for hydroxylation is 2. The maximum atomic E-state index is 13.3. The predicted octanol–water partition coefficient (Wildman–Crippen LogP) is 3.97. The Morgan fingerprint density at radius 1 is 1.04 bits per heavy atom. The number of hydrogen-bond donors (Lipinski definition) is 0. The number of hydrogen-bond acceptors (Lipinski definition) is 2. The molecule has 2 aromatic rings. The molecule has 0 spiro atoms. The predicted molar refractivity (Wildman–Crippen MR) is 107 cm³/mol. The third-order valence-electron chi connectivity index (χ3n) is 5.77. The lowest BCUT2D eigenvalue weighted by molar-refractivity contribution is -0.123. The molecule has 2 amide bonds. The lowest BCUT2D eigenvalue weighted by Gasteiger charge is -2.37. The molecule has 1 fully saturated rings. The third-order valence-corrected chi connectivity index (χ3v) is 5.77. The summed E-state index contributed by atoms with van der Waals surface area (Å²) in [7, 11) is 0. The maximum Gasteiger partial charge on any atom is 0.253 e. The van der Waals surface area contributed by atoms with Crippen molar-refractivity contribution in [1.29, 1.82) is 0 Å². The zero-order chi connectivity index (χ0) is 19.7. The van der Waals surface area contributed by atoms with Crippen molar-refractivity contribution in [2.45, 2.75) is 32.6 Å². The Kier molecular flexibility index (Phi) is 5.16. The Hall–Kier alpha value is -2.69. The zero-order valence-electron chi connectivity index (χ0n) is 16.2. The van der Waals surface area contributed by atoms with Crippen LogP contribution in [-0.4, -0.2) is 36.3 Å². The maximum absolute atomic E-state index is 13.3. The molecule has 0 aromatic heterocycles. The van der Waals surface area contributed by atoms with E-state index in [1.807, 2.05) is 11.0 Å². The van der Waals surface area contributed by atoms with Gasteiger partial charge in [0.15, 0.2) is 0 Å². The van der Waals surface area contributed by atoms with Crippen molar-refractivity contribution in [3.05, 3.63) is 65.0 Å². The minimum absolute atomic E-state index is 0.112. The summed E-state index contributed by atoms with van der Waals surface area (Å²) in [5, 5.41) is 0. The van der Waals surface area contributed by atoms with E-state index < -0.39 is 0 Å². The van der Waals surface area contributed by atoms with Crippen molar-refractivity contribution >= 4 is 17.5 Å². The Labute approximate surface area is 164 Å². The number of benzene rings is 2. The topological polar surface area (TPSA) is 40.6 Å². The van der Waals surface area contributed by atoms with Gasteiger partial charge in [-0.1, -0.05) is 17.7 Å². The number of carbonyl (C=O) groups is 2. The summed E-state index contributed by atoms with van der Waals surface area (Å²) < 4.78 is 13.1. The fourth-order valence-electron chi connectivity index (χ4n) is 4.31. The molecule has 0 N–H and O–H groups in total. The molecule has 0 saturated carbocycles. The van der Waals surface area contributed by atoms with Crippen molar-refractivity contribution in [1.82, 2.24) is 4.90 Å². The molecule has 146 valence electrons. The van der Waals surface area contributed by atoms with Gasteiger partial charge >= 0.3 is 0 Å². The van der Waals surface area contributed by atoms with Gasteiger partial charge in [-0.3, -0.25) is 9.59 Å². The highest BCUT2D eigenvalue weighted by atomic mass is 19.1. The summed E-state index contributed by atoms with van der Waals surface area (Å²) in [4.78, 5) is 29.7. The summed E-state index contributed by atoms with van der Waals surface area (Å²) in [6.45, 7) is 3.86. The van der Waals surface area contributed by atoms with Crippen molar-refractivity contribution in [3.63, 3.8) is 0 Å². The number of likely N-dealkylation sites (tertiary alicyclic amines) is 1. The van der Waals surface area contributed by atoms with Gasteiger partial charge in [0.2, 0.25) is 5.91 Å². The van der Waals surface area contributed by atoms with Crippen LogP contribution in [0.3, 0.4) is 0 Å². The number of halogens is 1. The first-order chi connectivity index (χ1) is 13.5. The second-order valence-corrected chi connectivity index (χ2v) is 7.82. The fraction of sp³-hybridized carbons (Fsp3) is 0.391. The van der Waals surface area contributed by atoms with Crippen LogP contribution in [0.2, 0.25) is 0 Å². The second-order valence-electron chi connectivity index (χ2n) is 7.82. The van der Waals surface area contributed by atoms with E-state index in [4.69, 9.17) is 0 Å². The van der Waals surface area contributed by atoms with Gasteiger partial charge in [-0.25, -0.2) is 4.39 Å². The highest BCUT2D eigenvalue weighted by molar-refractivity contribution is 5.98. The first-order valence-electron chi connectivity index (χ1n) is 9.98. The molecule has 4 nitrogen and oxygen atoms in total. The number of amides is 2. The highest BCUT2D eigenvalue weighted by Crippen LogP contribution is 2.31. The average Bonchev–Trinajstić information content (AvgIpc) is 2.72. The average molecular weight is 380 g/mol. The number of piperidine rings is 1. The molecular formula is C23H25FN2O2. The molecule has 0 unspecified atom stereocenters. The van der Waals surface area contributed by atoms with Crippen molar-refractivity contribution < 1.29 is 14.0 Å². The number of nitrogens with zero attached hydrogens (tertiary/aromatic N) is 2. The first-order valence-corrected chi connectivity index (χ1v) is 9.98. The second kappa shape index (κ2) is 7.74. The molecule has 2 aromatic carbocycles. The van der Waals surface area contributed by atoms with Gasteiger partial charge in [-0.15, -0.1) is 0 Å². The van der Waals surface area contributed by atoms with E-state index in [0.29, 0.717) is 18.7 Å². The van der Waals surface area contributed by atoms with Crippen molar-refractivity contribution in [2.75, 3.05) is 24.5 Å². The fourth-order valence-corrected chi connectivity index (χ4v) is 4.31. The molecule has 4 rings (SSSR count). The van der Waals surface area contributed by atoms with Gasteiger partial charge in [0.05, 0.1) is 5.92 Å². The molecule has 28 heavy (non-hydrogen) atoms. The van der Waals surface area contributed by atoms with Crippen LogP contribution in [0.4, 0.5) is 10.1 Å². The van der Waals surface area contributed by atoms with Crippen LogP contribution in [0.5, 0.6) is 0 Å². The molecule has 2 aliphatic rings. The molecule has 2 heterocycles. The third kappa shape index (κ3) is 3.66. The van der Waals surface area contributed by atoms with E-state index in [0.717, 1.165) is 37.9 Å². The molecule has 0 bridgehead atoms. The Bertz CT molecular complexity index is 894. The van der Waals surface area contributed by atoms with Gasteiger partial charge in [-0.2, -0.15) is 0 Å². The first kappa shape index (κ1) is 18.7. The van der Waals surface area contributed by atoms with Crippen molar-refractivity contribution in [2.24, 2.45) is 5.92 Å². The van der Waals surface area contributed by atoms with Crippen LogP contribution in [0, 0.1) is 18.7 Å². The van der Waals surface area contributed by atoms with Crippen LogP contribution >= 0.6 is 0 Å². The molecule has 1 saturated heterocycles. The SMILES string of the molecule is Cc1ccc2c(c1)CCCN2C(=O)[C@@H]1CCCN(C(=O)c2ccc(F)cc2)C1. The summed E-state index contributed by atoms with van der Waals surface area (Å²) in [6, 6.07) is 11.9. The Morgan fingerprint density at radius 3 is 2.61 bits per heavy atom. The van der Waals surface area contributed by atoms with Gasteiger partial charge in [-0.05, 0) is 68.5 Å². The van der Waals surface area contributed by atoms with E-state index in [1.54, 1.807) is 4.90 Å². The van der Waals surface area contributed by atoms with Gasteiger partial charge in [0.1, 0.15) is 5.82 Å². The minimum atomic E-state index is -0.359. The van der Waals surface area contributed by atoms with Gasteiger partial charge in [0, 0.05) is 30.9 Å².